The van der Waals surface area contributed by atoms with Crippen LogP contribution in [0, 0.1) is 6.92 Å². The molecule has 0 bridgehead atoms. The first kappa shape index (κ1) is 20.0. The van der Waals surface area contributed by atoms with Crippen LogP contribution in [0.5, 0.6) is 11.5 Å². The number of aromatic nitrogens is 1. The molecule has 0 unspecified atom stereocenters. The molecule has 1 N–H and O–H groups in total. The monoisotopic (exact) mass is 446 g/mol. The molecule has 0 radical (unpaired) electrons. The number of aryl methyl sites for hydroxylation is 1. The molecule has 3 aromatic carbocycles. The molecule has 7 nitrogen and oxygen atoms in total. The number of hydrogen-bond donors (Lipinski definition) is 1. The summed E-state index contributed by atoms with van der Waals surface area (Å²) in [6, 6.07) is 18.3. The summed E-state index contributed by atoms with van der Waals surface area (Å²) in [7, 11) is 0. The Hall–Kier alpha value is -3.91. The minimum absolute atomic E-state index is 0.119. The van der Waals surface area contributed by atoms with Gasteiger partial charge in [0.15, 0.2) is 18.1 Å². The third kappa shape index (κ3) is 4.13. The maximum absolute atomic E-state index is 12.2. The number of rotatable bonds is 5. The molecule has 1 aliphatic rings. The fourth-order valence-corrected chi connectivity index (χ4v) is 4.36. The number of nitrogens with one attached hydrogen (secondary N) is 1. The quantitative estimate of drug-likeness (QED) is 0.444. The molecule has 32 heavy (non-hydrogen) atoms. The zero-order chi connectivity index (χ0) is 22.1. The van der Waals surface area contributed by atoms with Gasteiger partial charge in [0.05, 0.1) is 15.8 Å². The predicted molar refractivity (Wildman–Crippen MR) is 121 cm³/mol. The third-order valence-corrected chi connectivity index (χ3v) is 5.97. The van der Waals surface area contributed by atoms with Gasteiger partial charge in [-0.3, -0.25) is 4.79 Å². The van der Waals surface area contributed by atoms with Crippen LogP contribution >= 0.6 is 11.3 Å². The smallest absolute Gasteiger partial charge is 0.338 e. The van der Waals surface area contributed by atoms with Crippen molar-refractivity contribution in [1.82, 2.24) is 4.98 Å². The second kappa shape index (κ2) is 8.32. The Bertz CT molecular complexity index is 1330. The molecule has 160 valence electrons. The molecule has 1 amide bonds. The van der Waals surface area contributed by atoms with Gasteiger partial charge in [-0.05, 0) is 67.1 Å². The van der Waals surface area contributed by atoms with Crippen LogP contribution in [0.4, 0.5) is 5.69 Å². The topological polar surface area (TPSA) is 86.8 Å². The van der Waals surface area contributed by atoms with Crippen LogP contribution in [0.2, 0.25) is 0 Å². The molecule has 0 saturated carbocycles. The molecule has 4 aromatic rings. The minimum atomic E-state index is -0.611. The Morgan fingerprint density at radius 3 is 2.69 bits per heavy atom. The normalized spacial score (nSPS) is 12.0. The number of anilines is 1. The standard InChI is InChI=1S/C24H18N2O5S/c1-14-2-8-18-21(10-14)32-23(26-18)15-3-6-17(7-4-15)25-22(27)12-29-24(28)16-5-9-19-20(11-16)31-13-30-19/h2-11H,12-13H2,1H3,(H,25,27). The van der Waals surface area contributed by atoms with E-state index in [1.165, 1.54) is 11.6 Å². The van der Waals surface area contributed by atoms with E-state index < -0.39 is 18.5 Å². The number of hydrogen-bond acceptors (Lipinski definition) is 7. The molecular weight excluding hydrogens is 428 g/mol. The summed E-state index contributed by atoms with van der Waals surface area (Å²) >= 11 is 1.63. The number of benzene rings is 3. The number of esters is 1. The van der Waals surface area contributed by atoms with Crippen molar-refractivity contribution in [3.05, 3.63) is 71.8 Å². The Labute approximate surface area is 187 Å². The number of ether oxygens (including phenoxy) is 3. The van der Waals surface area contributed by atoms with Crippen molar-refractivity contribution < 1.29 is 23.8 Å². The van der Waals surface area contributed by atoms with Crippen molar-refractivity contribution in [2.75, 3.05) is 18.7 Å². The first-order valence-corrected chi connectivity index (χ1v) is 10.7. The van der Waals surface area contributed by atoms with Crippen LogP contribution in [0.15, 0.2) is 60.7 Å². The summed E-state index contributed by atoms with van der Waals surface area (Å²) in [5, 5.41) is 3.64. The summed E-state index contributed by atoms with van der Waals surface area (Å²) < 4.78 is 16.7. The highest BCUT2D eigenvalue weighted by molar-refractivity contribution is 7.21. The van der Waals surface area contributed by atoms with E-state index >= 15 is 0 Å². The lowest BCUT2D eigenvalue weighted by atomic mass is 10.2. The van der Waals surface area contributed by atoms with Crippen molar-refractivity contribution in [1.29, 1.82) is 0 Å². The SMILES string of the molecule is Cc1ccc2nc(-c3ccc(NC(=O)COC(=O)c4ccc5c(c4)OCO5)cc3)sc2c1. The Kier molecular flexibility index (Phi) is 5.20. The minimum Gasteiger partial charge on any atom is -0.454 e. The van der Waals surface area contributed by atoms with Gasteiger partial charge >= 0.3 is 5.97 Å². The molecule has 0 spiro atoms. The Balaban J connectivity index is 1.18. The number of carbonyl (C=O) groups excluding carboxylic acids is 2. The largest absolute Gasteiger partial charge is 0.454 e. The van der Waals surface area contributed by atoms with Gasteiger partial charge in [0.25, 0.3) is 5.91 Å². The number of thiazole rings is 1. The summed E-state index contributed by atoms with van der Waals surface area (Å²) in [5.74, 6) is 0.0122. The lowest BCUT2D eigenvalue weighted by Crippen LogP contribution is -2.20. The van der Waals surface area contributed by atoms with Gasteiger partial charge in [0.1, 0.15) is 5.01 Å². The van der Waals surface area contributed by atoms with E-state index in [1.54, 1.807) is 35.6 Å². The average Bonchev–Trinajstić information content (AvgIpc) is 3.44. The van der Waals surface area contributed by atoms with Crippen molar-refractivity contribution in [3.63, 3.8) is 0 Å². The van der Waals surface area contributed by atoms with E-state index in [2.05, 4.69) is 23.3 Å². The van der Waals surface area contributed by atoms with E-state index in [0.29, 0.717) is 17.2 Å². The Morgan fingerprint density at radius 1 is 1.03 bits per heavy atom. The van der Waals surface area contributed by atoms with Gasteiger partial charge in [-0.1, -0.05) is 6.07 Å². The van der Waals surface area contributed by atoms with Crippen molar-refractivity contribution in [3.8, 4) is 22.1 Å². The van der Waals surface area contributed by atoms with Gasteiger partial charge < -0.3 is 19.5 Å². The summed E-state index contributed by atoms with van der Waals surface area (Å²) in [6.07, 6.45) is 0. The molecule has 0 fully saturated rings. The summed E-state index contributed by atoms with van der Waals surface area (Å²) in [6.45, 7) is 1.78. The van der Waals surface area contributed by atoms with E-state index in [-0.39, 0.29) is 12.4 Å². The number of nitrogens with zero attached hydrogens (tertiary/aromatic N) is 1. The second-order valence-electron chi connectivity index (χ2n) is 7.26. The van der Waals surface area contributed by atoms with E-state index in [4.69, 9.17) is 14.2 Å². The maximum Gasteiger partial charge on any atom is 0.338 e. The van der Waals surface area contributed by atoms with Crippen LogP contribution in [-0.2, 0) is 9.53 Å². The van der Waals surface area contributed by atoms with Gasteiger partial charge in [-0.25, -0.2) is 9.78 Å². The lowest BCUT2D eigenvalue weighted by molar-refractivity contribution is -0.119. The van der Waals surface area contributed by atoms with Gasteiger partial charge in [-0.15, -0.1) is 11.3 Å². The average molecular weight is 446 g/mol. The summed E-state index contributed by atoms with van der Waals surface area (Å²) in [5.41, 5.74) is 4.03. The van der Waals surface area contributed by atoms with Gasteiger partial charge in [0, 0.05) is 11.3 Å². The highest BCUT2D eigenvalue weighted by atomic mass is 32.1. The molecule has 0 atom stereocenters. The van der Waals surface area contributed by atoms with E-state index in [0.717, 1.165) is 20.8 Å². The summed E-state index contributed by atoms with van der Waals surface area (Å²) in [4.78, 5) is 29.1. The second-order valence-corrected chi connectivity index (χ2v) is 8.29. The number of amides is 1. The van der Waals surface area contributed by atoms with Gasteiger partial charge in [0.2, 0.25) is 6.79 Å². The zero-order valence-corrected chi connectivity index (χ0v) is 17.9. The molecule has 0 aliphatic carbocycles. The maximum atomic E-state index is 12.2. The molecule has 8 heteroatoms. The van der Waals surface area contributed by atoms with Crippen LogP contribution in [-0.4, -0.2) is 30.3 Å². The van der Waals surface area contributed by atoms with Crippen molar-refractivity contribution >= 4 is 39.1 Å². The first-order chi connectivity index (χ1) is 15.5. The number of fused-ring (bicyclic) bond motifs is 2. The van der Waals surface area contributed by atoms with Crippen molar-refractivity contribution in [2.45, 2.75) is 6.92 Å². The Morgan fingerprint density at radius 2 is 1.84 bits per heavy atom. The predicted octanol–water partition coefficient (Wildman–Crippen LogP) is 4.80. The zero-order valence-electron chi connectivity index (χ0n) is 17.1. The first-order valence-electron chi connectivity index (χ1n) is 9.89. The molecule has 0 saturated heterocycles. The molecule has 2 heterocycles. The highest BCUT2D eigenvalue weighted by Crippen LogP contribution is 2.33. The lowest BCUT2D eigenvalue weighted by Gasteiger charge is -2.07. The van der Waals surface area contributed by atoms with Crippen LogP contribution in [0.25, 0.3) is 20.8 Å². The third-order valence-electron chi connectivity index (χ3n) is 4.90. The molecule has 5 rings (SSSR count). The highest BCUT2D eigenvalue weighted by Gasteiger charge is 2.18. The van der Waals surface area contributed by atoms with Gasteiger partial charge in [-0.2, -0.15) is 0 Å². The number of carbonyl (C=O) groups is 2. The van der Waals surface area contributed by atoms with Crippen molar-refractivity contribution in [2.24, 2.45) is 0 Å². The fourth-order valence-electron chi connectivity index (χ4n) is 3.29. The van der Waals surface area contributed by atoms with E-state index in [9.17, 15) is 9.59 Å². The molecule has 1 aliphatic heterocycles. The van der Waals surface area contributed by atoms with Crippen LogP contribution in [0.3, 0.4) is 0 Å². The fraction of sp³-hybridized carbons (Fsp3) is 0.125. The van der Waals surface area contributed by atoms with E-state index in [1.807, 2.05) is 24.3 Å². The molecular formula is C24H18N2O5S. The van der Waals surface area contributed by atoms with Crippen LogP contribution in [0.1, 0.15) is 15.9 Å². The van der Waals surface area contributed by atoms with Crippen LogP contribution < -0.4 is 14.8 Å². The molecule has 1 aromatic heterocycles.